The summed E-state index contributed by atoms with van der Waals surface area (Å²) in [6, 6.07) is 11.7. The number of rotatable bonds is 5. The lowest BCUT2D eigenvalue weighted by Gasteiger charge is -2.14. The maximum Gasteiger partial charge on any atom is 0.260 e. The molecule has 0 unspecified atom stereocenters. The van der Waals surface area contributed by atoms with Crippen molar-refractivity contribution >= 4 is 44.5 Å². The Labute approximate surface area is 163 Å². The molecule has 0 saturated heterocycles. The van der Waals surface area contributed by atoms with Gasteiger partial charge in [0.2, 0.25) is 0 Å². The molecule has 4 aromatic rings. The zero-order valence-electron chi connectivity index (χ0n) is 14.0. The highest BCUT2D eigenvalue weighted by Gasteiger charge is 2.14. The normalized spacial score (nSPS) is 11.5. The van der Waals surface area contributed by atoms with E-state index in [9.17, 15) is 4.79 Å². The summed E-state index contributed by atoms with van der Waals surface area (Å²) in [5.74, 6) is 0.686. The van der Waals surface area contributed by atoms with E-state index in [0.717, 1.165) is 22.5 Å². The predicted molar refractivity (Wildman–Crippen MR) is 110 cm³/mol. The third kappa shape index (κ3) is 3.59. The van der Waals surface area contributed by atoms with Crippen LogP contribution < -0.4 is 5.56 Å². The van der Waals surface area contributed by atoms with E-state index in [1.165, 1.54) is 16.2 Å². The lowest BCUT2D eigenvalue weighted by molar-refractivity contribution is 0.313. The van der Waals surface area contributed by atoms with Gasteiger partial charge in [-0.2, -0.15) is 0 Å². The largest absolute Gasteiger partial charge is 0.309 e. The molecule has 0 fully saturated rings. The number of hydrogen-bond acceptors (Lipinski definition) is 5. The van der Waals surface area contributed by atoms with Gasteiger partial charge in [-0.15, -0.1) is 22.7 Å². The van der Waals surface area contributed by atoms with Crippen LogP contribution in [0.1, 0.15) is 10.7 Å². The van der Waals surface area contributed by atoms with Crippen molar-refractivity contribution in [3.05, 3.63) is 73.2 Å². The highest BCUT2D eigenvalue weighted by molar-refractivity contribution is 7.17. The van der Waals surface area contributed by atoms with Crippen LogP contribution in [0.15, 0.2) is 52.0 Å². The van der Waals surface area contributed by atoms with Crippen LogP contribution in [0.3, 0.4) is 0 Å². The lowest BCUT2D eigenvalue weighted by atomic mass is 10.1. The Kier molecular flexibility index (Phi) is 4.91. The quantitative estimate of drug-likeness (QED) is 0.512. The Bertz CT molecular complexity index is 1080. The maximum absolute atomic E-state index is 12.7. The number of thiophene rings is 2. The van der Waals surface area contributed by atoms with Gasteiger partial charge in [0.25, 0.3) is 5.56 Å². The first kappa shape index (κ1) is 17.4. The van der Waals surface area contributed by atoms with Crippen molar-refractivity contribution in [3.8, 4) is 11.1 Å². The monoisotopic (exact) mass is 401 g/mol. The number of aromatic nitrogens is 2. The van der Waals surface area contributed by atoms with E-state index < -0.39 is 0 Å². The molecule has 3 heterocycles. The number of hydrogen-bond donors (Lipinski definition) is 1. The number of H-pyrrole nitrogens is 1. The van der Waals surface area contributed by atoms with E-state index in [2.05, 4.69) is 26.3 Å². The SMILES string of the molecule is CN(Cc1nc2scc(-c3ccc(Cl)cc3)c2c(=O)[nH]1)Cc1cccs1. The smallest absolute Gasteiger partial charge is 0.260 e. The van der Waals surface area contributed by atoms with Gasteiger partial charge in [0, 0.05) is 27.4 Å². The Morgan fingerprint density at radius 2 is 1.96 bits per heavy atom. The number of fused-ring (bicyclic) bond motifs is 1. The van der Waals surface area contributed by atoms with E-state index in [1.807, 2.05) is 42.8 Å². The minimum Gasteiger partial charge on any atom is -0.309 e. The zero-order valence-corrected chi connectivity index (χ0v) is 16.4. The van der Waals surface area contributed by atoms with Crippen LogP contribution >= 0.6 is 34.3 Å². The van der Waals surface area contributed by atoms with E-state index >= 15 is 0 Å². The molecule has 132 valence electrons. The molecule has 3 aromatic heterocycles. The first-order chi connectivity index (χ1) is 12.6. The average Bonchev–Trinajstić information content (AvgIpc) is 3.25. The van der Waals surface area contributed by atoms with Crippen molar-refractivity contribution in [1.29, 1.82) is 0 Å². The van der Waals surface area contributed by atoms with Gasteiger partial charge in [0.15, 0.2) is 0 Å². The van der Waals surface area contributed by atoms with Crippen molar-refractivity contribution in [2.24, 2.45) is 0 Å². The molecule has 4 rings (SSSR count). The van der Waals surface area contributed by atoms with Gasteiger partial charge in [-0.1, -0.05) is 29.8 Å². The van der Waals surface area contributed by atoms with E-state index in [4.69, 9.17) is 11.6 Å². The minimum atomic E-state index is -0.0966. The van der Waals surface area contributed by atoms with Gasteiger partial charge < -0.3 is 4.98 Å². The Morgan fingerprint density at radius 1 is 1.15 bits per heavy atom. The average molecular weight is 402 g/mol. The summed E-state index contributed by atoms with van der Waals surface area (Å²) in [4.78, 5) is 24.5. The van der Waals surface area contributed by atoms with E-state index in [0.29, 0.717) is 22.8 Å². The molecule has 0 aliphatic rings. The Hall–Kier alpha value is -1.99. The number of halogens is 1. The summed E-state index contributed by atoms with van der Waals surface area (Å²) in [6.45, 7) is 1.43. The summed E-state index contributed by atoms with van der Waals surface area (Å²) < 4.78 is 0. The number of nitrogens with one attached hydrogen (secondary N) is 1. The topological polar surface area (TPSA) is 49.0 Å². The fraction of sp³-hybridized carbons (Fsp3) is 0.158. The molecular weight excluding hydrogens is 386 g/mol. The molecule has 0 aliphatic heterocycles. The molecule has 0 atom stereocenters. The van der Waals surface area contributed by atoms with Crippen molar-refractivity contribution in [2.45, 2.75) is 13.1 Å². The summed E-state index contributed by atoms with van der Waals surface area (Å²) >= 11 is 9.18. The van der Waals surface area contributed by atoms with E-state index in [1.54, 1.807) is 11.3 Å². The van der Waals surface area contributed by atoms with Crippen LogP contribution in [0.25, 0.3) is 21.3 Å². The molecule has 0 radical (unpaired) electrons. The highest BCUT2D eigenvalue weighted by atomic mass is 35.5. The molecule has 1 N–H and O–H groups in total. The third-order valence-corrected chi connectivity index (χ3v) is 6.06. The van der Waals surface area contributed by atoms with Crippen molar-refractivity contribution in [1.82, 2.24) is 14.9 Å². The van der Waals surface area contributed by atoms with Crippen LogP contribution in [0.5, 0.6) is 0 Å². The highest BCUT2D eigenvalue weighted by Crippen LogP contribution is 2.31. The molecule has 0 spiro atoms. The summed E-state index contributed by atoms with van der Waals surface area (Å²) in [5, 5.41) is 5.37. The van der Waals surface area contributed by atoms with Gasteiger partial charge in [0.1, 0.15) is 10.7 Å². The lowest BCUT2D eigenvalue weighted by Crippen LogP contribution is -2.21. The molecule has 1 aromatic carbocycles. The molecule has 0 amide bonds. The first-order valence-corrected chi connectivity index (χ1v) is 10.2. The molecule has 7 heteroatoms. The van der Waals surface area contributed by atoms with Gasteiger partial charge in [-0.3, -0.25) is 9.69 Å². The van der Waals surface area contributed by atoms with Gasteiger partial charge in [0.05, 0.1) is 11.9 Å². The fourth-order valence-corrected chi connectivity index (χ4v) is 4.77. The molecular formula is C19H16ClN3OS2. The molecule has 0 bridgehead atoms. The summed E-state index contributed by atoms with van der Waals surface area (Å²) in [5.41, 5.74) is 1.77. The summed E-state index contributed by atoms with van der Waals surface area (Å²) in [6.07, 6.45) is 0. The number of aromatic amines is 1. The fourth-order valence-electron chi connectivity index (χ4n) is 2.89. The van der Waals surface area contributed by atoms with Crippen LogP contribution in [0.4, 0.5) is 0 Å². The van der Waals surface area contributed by atoms with Crippen LogP contribution in [-0.4, -0.2) is 21.9 Å². The number of nitrogens with zero attached hydrogens (tertiary/aromatic N) is 2. The molecule has 0 aliphatic carbocycles. The van der Waals surface area contributed by atoms with Crippen molar-refractivity contribution < 1.29 is 0 Å². The van der Waals surface area contributed by atoms with Crippen LogP contribution in [0.2, 0.25) is 5.02 Å². The summed E-state index contributed by atoms with van der Waals surface area (Å²) in [7, 11) is 2.03. The van der Waals surface area contributed by atoms with Gasteiger partial charge >= 0.3 is 0 Å². The maximum atomic E-state index is 12.7. The second-order valence-corrected chi connectivity index (χ2v) is 8.43. The van der Waals surface area contributed by atoms with E-state index in [-0.39, 0.29) is 5.56 Å². The third-order valence-electron chi connectivity index (χ3n) is 4.07. The van der Waals surface area contributed by atoms with Crippen LogP contribution in [0, 0.1) is 0 Å². The van der Waals surface area contributed by atoms with Gasteiger partial charge in [-0.25, -0.2) is 4.98 Å². The molecule has 4 nitrogen and oxygen atoms in total. The Balaban J connectivity index is 1.63. The van der Waals surface area contributed by atoms with Crippen LogP contribution in [-0.2, 0) is 13.1 Å². The second kappa shape index (κ2) is 7.32. The first-order valence-electron chi connectivity index (χ1n) is 8.07. The zero-order chi connectivity index (χ0) is 18.1. The second-order valence-electron chi connectivity index (χ2n) is 6.10. The van der Waals surface area contributed by atoms with Crippen molar-refractivity contribution in [2.75, 3.05) is 7.05 Å². The standard InChI is InChI=1S/C19H16ClN3OS2/c1-23(9-14-3-2-8-25-14)10-16-21-18(24)17-15(11-26-19(17)22-16)12-4-6-13(20)7-5-12/h2-8,11H,9-10H2,1H3,(H,21,22,24). The predicted octanol–water partition coefficient (Wildman–Crippen LogP) is 5.00. The van der Waals surface area contributed by atoms with Gasteiger partial charge in [-0.05, 0) is 36.2 Å². The molecule has 26 heavy (non-hydrogen) atoms. The molecule has 0 saturated carbocycles. The van der Waals surface area contributed by atoms with Crippen molar-refractivity contribution in [3.63, 3.8) is 0 Å². The number of benzene rings is 1. The minimum absolute atomic E-state index is 0.0966. The Morgan fingerprint density at radius 3 is 2.69 bits per heavy atom.